The summed E-state index contributed by atoms with van der Waals surface area (Å²) in [5.74, 6) is 0. The predicted octanol–water partition coefficient (Wildman–Crippen LogP) is 3.83. The van der Waals surface area contributed by atoms with E-state index in [1.165, 1.54) is 24.3 Å². The summed E-state index contributed by atoms with van der Waals surface area (Å²) in [4.78, 5) is 20.2. The minimum Gasteiger partial charge on any atom is -0.314 e. The summed E-state index contributed by atoms with van der Waals surface area (Å²) in [6.07, 6.45) is 0. The Labute approximate surface area is 193 Å². The van der Waals surface area contributed by atoms with Crippen LogP contribution in [-0.2, 0) is 65.4 Å². The van der Waals surface area contributed by atoms with Gasteiger partial charge in [-0.05, 0) is 11.4 Å². The second-order valence-corrected chi connectivity index (χ2v) is 4.56. The van der Waals surface area contributed by atoms with E-state index >= 15 is 0 Å². The maximum atomic E-state index is 10.6. The summed E-state index contributed by atoms with van der Waals surface area (Å²) in [7, 11) is 0. The van der Waals surface area contributed by atoms with Crippen molar-refractivity contribution < 1.29 is 75.3 Å². The molecule has 0 aliphatic heterocycles. The summed E-state index contributed by atoms with van der Waals surface area (Å²) >= 11 is 0. The quantitative estimate of drug-likeness (QED) is 0.295. The topological polar surface area (TPSA) is 123 Å². The fraction of sp³-hybridized carbons (Fsp3) is 0.143. The molecule has 25 heavy (non-hydrogen) atoms. The molecule has 0 fully saturated rings. The Morgan fingerprint density at radius 3 is 1.92 bits per heavy atom. The van der Waals surface area contributed by atoms with Crippen LogP contribution in [0.1, 0.15) is 11.1 Å². The molecule has 1 N–H and O–H groups in total. The Kier molecular flexibility index (Phi) is 10.3. The van der Waals surface area contributed by atoms with Gasteiger partial charge in [0, 0.05) is 75.3 Å². The van der Waals surface area contributed by atoms with E-state index in [0.717, 1.165) is 0 Å². The van der Waals surface area contributed by atoms with Gasteiger partial charge in [0.15, 0.2) is 11.4 Å². The first-order chi connectivity index (χ1) is 10.9. The molecule has 11 heteroatoms. The van der Waals surface area contributed by atoms with Crippen LogP contribution in [0.5, 0.6) is 0 Å². The first kappa shape index (κ1) is 23.8. The van der Waals surface area contributed by atoms with Crippen molar-refractivity contribution in [2.75, 3.05) is 5.43 Å². The third kappa shape index (κ3) is 6.58. The smallest absolute Gasteiger partial charge is 0.162 e. The molecule has 0 amide bonds. The SMILES string of the molecule is Cc1[c-]c([N+](=O)[O-])ccc1N=NNc1ccc([N+](=O)[O-])[c-]c1C.[Y].[Y]. The second kappa shape index (κ2) is 10.8. The molecule has 0 saturated heterocycles. The summed E-state index contributed by atoms with van der Waals surface area (Å²) < 4.78 is 0. The number of rotatable bonds is 5. The molecule has 2 aromatic rings. The number of nitro groups is 2. The molecule has 2 aromatic carbocycles. The average Bonchev–Trinajstić information content (AvgIpc) is 2.49. The van der Waals surface area contributed by atoms with Crippen molar-refractivity contribution >= 4 is 22.7 Å². The maximum absolute atomic E-state index is 10.6. The zero-order chi connectivity index (χ0) is 17.0. The van der Waals surface area contributed by atoms with Crippen LogP contribution in [0.25, 0.3) is 0 Å². The minimum absolute atomic E-state index is 0. The summed E-state index contributed by atoms with van der Waals surface area (Å²) in [6, 6.07) is 10.7. The van der Waals surface area contributed by atoms with Crippen LogP contribution < -0.4 is 5.43 Å². The van der Waals surface area contributed by atoms with E-state index in [4.69, 9.17) is 0 Å². The van der Waals surface area contributed by atoms with Crippen LogP contribution in [0.2, 0.25) is 0 Å². The summed E-state index contributed by atoms with van der Waals surface area (Å²) in [5, 5.41) is 29.0. The molecule has 0 saturated carbocycles. The Balaban J connectivity index is 0.00000288. The van der Waals surface area contributed by atoms with E-state index in [9.17, 15) is 20.2 Å². The molecule has 2 rings (SSSR count). The first-order valence-electron chi connectivity index (χ1n) is 6.40. The van der Waals surface area contributed by atoms with Crippen LogP contribution >= 0.6 is 0 Å². The molecule has 0 aliphatic carbocycles. The normalized spacial score (nSPS) is 9.84. The van der Waals surface area contributed by atoms with Gasteiger partial charge in [0.25, 0.3) is 0 Å². The Bertz CT molecular complexity index is 814. The number of aryl methyl sites for hydroxylation is 2. The summed E-state index contributed by atoms with van der Waals surface area (Å²) in [5.41, 5.74) is 4.31. The number of hydrogen-bond donors (Lipinski definition) is 1. The van der Waals surface area contributed by atoms with Crippen LogP contribution in [-0.4, -0.2) is 9.85 Å². The Hall–Kier alpha value is -1.15. The van der Waals surface area contributed by atoms with Gasteiger partial charge in [-0.2, -0.15) is 0 Å². The molecular formula is C14H11N5O4Y2-2. The van der Waals surface area contributed by atoms with Crippen LogP contribution in [0.15, 0.2) is 34.6 Å². The van der Waals surface area contributed by atoms with Crippen LogP contribution in [0.4, 0.5) is 22.7 Å². The number of nitro benzene ring substituents is 2. The van der Waals surface area contributed by atoms with E-state index in [2.05, 4.69) is 27.9 Å². The molecular weight excluding hydrogens is 480 g/mol. The second-order valence-electron chi connectivity index (χ2n) is 4.56. The van der Waals surface area contributed by atoms with Crippen molar-refractivity contribution in [2.45, 2.75) is 13.8 Å². The van der Waals surface area contributed by atoms with Crippen molar-refractivity contribution in [2.24, 2.45) is 10.3 Å². The molecule has 9 nitrogen and oxygen atoms in total. The number of nitrogens with zero attached hydrogens (tertiary/aromatic N) is 4. The van der Waals surface area contributed by atoms with Gasteiger partial charge in [-0.3, -0.25) is 20.2 Å². The molecule has 0 unspecified atom stereocenters. The Morgan fingerprint density at radius 2 is 1.44 bits per heavy atom. The van der Waals surface area contributed by atoms with Gasteiger partial charge in [0.1, 0.15) is 0 Å². The van der Waals surface area contributed by atoms with Gasteiger partial charge in [0.2, 0.25) is 0 Å². The van der Waals surface area contributed by atoms with E-state index in [0.29, 0.717) is 22.5 Å². The molecule has 0 heterocycles. The zero-order valence-electron chi connectivity index (χ0n) is 13.4. The van der Waals surface area contributed by atoms with Gasteiger partial charge in [0.05, 0.1) is 0 Å². The molecule has 124 valence electrons. The van der Waals surface area contributed by atoms with E-state index in [1.54, 1.807) is 13.8 Å². The van der Waals surface area contributed by atoms with E-state index in [1.807, 2.05) is 0 Å². The molecule has 0 aliphatic rings. The fourth-order valence-corrected chi connectivity index (χ4v) is 1.74. The van der Waals surface area contributed by atoms with Gasteiger partial charge >= 0.3 is 0 Å². The van der Waals surface area contributed by atoms with Crippen molar-refractivity contribution in [1.29, 1.82) is 0 Å². The van der Waals surface area contributed by atoms with Crippen molar-refractivity contribution in [3.8, 4) is 0 Å². The number of nitrogens with one attached hydrogen (secondary N) is 1. The molecule has 2 radical (unpaired) electrons. The third-order valence-corrected chi connectivity index (χ3v) is 2.95. The van der Waals surface area contributed by atoms with E-state index < -0.39 is 9.85 Å². The summed E-state index contributed by atoms with van der Waals surface area (Å²) in [6.45, 7) is 3.28. The van der Waals surface area contributed by atoms with Gasteiger partial charge in [-0.15, -0.1) is 23.3 Å². The minimum atomic E-state index is -0.539. The third-order valence-electron chi connectivity index (χ3n) is 2.95. The standard InChI is InChI=1S/C14H11N5O4.2Y/c1-9-7-11(18(20)21)3-5-13(9)15-17-16-14-6-4-12(19(22)23)8-10(14)2;;/h3-6H,1-2H3,(H,15,16);;/q-2;;. The van der Waals surface area contributed by atoms with Gasteiger partial charge in [-0.25, -0.2) is 5.11 Å². The van der Waals surface area contributed by atoms with Crippen molar-refractivity contribution in [3.63, 3.8) is 0 Å². The zero-order valence-corrected chi connectivity index (χ0v) is 19.1. The van der Waals surface area contributed by atoms with Crippen molar-refractivity contribution in [1.82, 2.24) is 0 Å². The first-order valence-corrected chi connectivity index (χ1v) is 6.40. The average molecular weight is 491 g/mol. The number of hydrogen-bond acceptors (Lipinski definition) is 6. The molecule has 0 atom stereocenters. The molecule has 0 spiro atoms. The van der Waals surface area contributed by atoms with Crippen LogP contribution in [0, 0.1) is 46.2 Å². The van der Waals surface area contributed by atoms with Gasteiger partial charge in [-0.1, -0.05) is 43.3 Å². The van der Waals surface area contributed by atoms with Crippen molar-refractivity contribution in [3.05, 3.63) is 67.8 Å². The van der Waals surface area contributed by atoms with Crippen LogP contribution in [0.3, 0.4) is 0 Å². The van der Waals surface area contributed by atoms with Gasteiger partial charge < -0.3 is 5.43 Å². The number of benzene rings is 2. The predicted molar refractivity (Wildman–Crippen MR) is 81.5 cm³/mol. The van der Waals surface area contributed by atoms with E-state index in [-0.39, 0.29) is 76.8 Å². The molecule has 0 aromatic heterocycles. The molecule has 0 bridgehead atoms. The number of anilines is 1. The largest absolute Gasteiger partial charge is 0.314 e. The Morgan fingerprint density at radius 1 is 0.920 bits per heavy atom. The fourth-order valence-electron chi connectivity index (χ4n) is 1.74. The monoisotopic (exact) mass is 491 g/mol. The number of non-ortho nitro benzene ring substituents is 2. The maximum Gasteiger partial charge on any atom is 0.162 e.